The number of hydrogen-bond donors (Lipinski definition) is 1. The van der Waals surface area contributed by atoms with Crippen LogP contribution in [-0.2, 0) is 21.4 Å². The molecule has 1 aliphatic heterocycles. The molecule has 1 aromatic carbocycles. The maximum atomic E-state index is 13.6. The van der Waals surface area contributed by atoms with Gasteiger partial charge in [0.2, 0.25) is 15.9 Å². The van der Waals surface area contributed by atoms with Crippen LogP contribution in [0.25, 0.3) is 0 Å². The lowest BCUT2D eigenvalue weighted by atomic mass is 10.0. The molecule has 0 radical (unpaired) electrons. The average molecular weight is 393 g/mol. The van der Waals surface area contributed by atoms with Crippen LogP contribution in [0.1, 0.15) is 24.8 Å². The molecule has 1 aliphatic rings. The lowest BCUT2D eigenvalue weighted by Gasteiger charge is -2.32. The van der Waals surface area contributed by atoms with Crippen molar-refractivity contribution in [2.45, 2.75) is 31.8 Å². The lowest BCUT2D eigenvalue weighted by Crippen LogP contribution is -2.51. The predicted octanol–water partition coefficient (Wildman–Crippen LogP) is 2.02. The number of nitrogens with one attached hydrogen (secondary N) is 1. The summed E-state index contributed by atoms with van der Waals surface area (Å²) < 4.78 is 39.1. The Kier molecular flexibility index (Phi) is 5.57. The summed E-state index contributed by atoms with van der Waals surface area (Å²) in [6, 6.07) is 3.77. The van der Waals surface area contributed by atoms with E-state index < -0.39 is 21.9 Å². The second kappa shape index (κ2) is 7.06. The molecule has 1 aromatic rings. The van der Waals surface area contributed by atoms with Gasteiger partial charge in [-0.3, -0.25) is 4.79 Å². The Labute approximate surface area is 138 Å². The van der Waals surface area contributed by atoms with E-state index in [0.717, 1.165) is 19.1 Å². The zero-order valence-corrected chi connectivity index (χ0v) is 14.6. The molecule has 0 aliphatic carbocycles. The summed E-state index contributed by atoms with van der Waals surface area (Å²) in [4.78, 5) is 12.3. The van der Waals surface area contributed by atoms with Crippen molar-refractivity contribution < 1.29 is 17.6 Å². The Morgan fingerprint density at radius 3 is 2.86 bits per heavy atom. The van der Waals surface area contributed by atoms with Gasteiger partial charge in [0.25, 0.3) is 0 Å². The fourth-order valence-corrected chi connectivity index (χ4v) is 4.08. The van der Waals surface area contributed by atoms with Crippen molar-refractivity contribution in [3.8, 4) is 0 Å². The second-order valence-corrected chi connectivity index (χ2v) is 8.19. The minimum absolute atomic E-state index is 0.0260. The first-order valence-electron chi connectivity index (χ1n) is 6.97. The maximum absolute atomic E-state index is 13.6. The molecule has 1 fully saturated rings. The highest BCUT2D eigenvalue weighted by atomic mass is 79.9. The van der Waals surface area contributed by atoms with Gasteiger partial charge in [-0.05, 0) is 31.0 Å². The van der Waals surface area contributed by atoms with Gasteiger partial charge in [0, 0.05) is 23.1 Å². The summed E-state index contributed by atoms with van der Waals surface area (Å²) in [7, 11) is -3.43. The van der Waals surface area contributed by atoms with E-state index in [1.165, 1.54) is 10.4 Å². The van der Waals surface area contributed by atoms with E-state index in [1.54, 1.807) is 12.1 Å². The van der Waals surface area contributed by atoms with Crippen molar-refractivity contribution in [2.75, 3.05) is 12.8 Å². The van der Waals surface area contributed by atoms with Crippen LogP contribution < -0.4 is 5.32 Å². The quantitative estimate of drug-likeness (QED) is 0.851. The molecule has 0 saturated carbocycles. The van der Waals surface area contributed by atoms with Crippen LogP contribution in [0, 0.1) is 5.82 Å². The maximum Gasteiger partial charge on any atom is 0.238 e. The highest BCUT2D eigenvalue weighted by Crippen LogP contribution is 2.20. The van der Waals surface area contributed by atoms with Gasteiger partial charge < -0.3 is 5.32 Å². The highest BCUT2D eigenvalue weighted by Gasteiger charge is 2.34. The molecular formula is C14H18BrFN2O3S. The van der Waals surface area contributed by atoms with Crippen molar-refractivity contribution in [3.05, 3.63) is 34.1 Å². The number of halogens is 2. The Bertz CT molecular complexity index is 666. The molecule has 122 valence electrons. The summed E-state index contributed by atoms with van der Waals surface area (Å²) >= 11 is 3.25. The zero-order chi connectivity index (χ0) is 16.3. The molecule has 1 N–H and O–H groups in total. The van der Waals surface area contributed by atoms with E-state index in [0.29, 0.717) is 23.0 Å². The number of sulfonamides is 1. The van der Waals surface area contributed by atoms with Crippen LogP contribution in [0.5, 0.6) is 0 Å². The van der Waals surface area contributed by atoms with Gasteiger partial charge in [0.1, 0.15) is 11.9 Å². The van der Waals surface area contributed by atoms with Crippen LogP contribution in [-0.4, -0.2) is 37.5 Å². The first-order valence-corrected chi connectivity index (χ1v) is 9.61. The molecule has 1 saturated heterocycles. The van der Waals surface area contributed by atoms with Gasteiger partial charge in [0.15, 0.2) is 0 Å². The van der Waals surface area contributed by atoms with Crippen molar-refractivity contribution >= 4 is 31.9 Å². The van der Waals surface area contributed by atoms with Crippen LogP contribution in [0.4, 0.5) is 4.39 Å². The van der Waals surface area contributed by atoms with Crippen LogP contribution in [0.2, 0.25) is 0 Å². The van der Waals surface area contributed by atoms with Crippen LogP contribution >= 0.6 is 15.9 Å². The molecule has 5 nitrogen and oxygen atoms in total. The molecule has 22 heavy (non-hydrogen) atoms. The Morgan fingerprint density at radius 1 is 1.45 bits per heavy atom. The number of carbonyl (C=O) groups excluding carboxylic acids is 1. The number of rotatable bonds is 4. The normalized spacial score (nSPS) is 19.9. The van der Waals surface area contributed by atoms with Crippen molar-refractivity contribution in [1.29, 1.82) is 0 Å². The van der Waals surface area contributed by atoms with Gasteiger partial charge in [-0.2, -0.15) is 4.31 Å². The SMILES string of the molecule is CS(=O)(=O)N1CCCCC1C(=O)NCc1cc(Br)ccc1F. The Morgan fingerprint density at radius 2 is 2.18 bits per heavy atom. The van der Waals surface area contributed by atoms with Gasteiger partial charge in [-0.1, -0.05) is 22.4 Å². The third-order valence-electron chi connectivity index (χ3n) is 3.64. The monoisotopic (exact) mass is 392 g/mol. The first kappa shape index (κ1) is 17.4. The fourth-order valence-electron chi connectivity index (χ4n) is 2.54. The van der Waals surface area contributed by atoms with E-state index in [2.05, 4.69) is 21.2 Å². The van der Waals surface area contributed by atoms with E-state index in [-0.39, 0.29) is 12.5 Å². The minimum atomic E-state index is -3.43. The highest BCUT2D eigenvalue weighted by molar-refractivity contribution is 9.10. The van der Waals surface area contributed by atoms with Crippen molar-refractivity contribution in [2.24, 2.45) is 0 Å². The topological polar surface area (TPSA) is 66.5 Å². The summed E-state index contributed by atoms with van der Waals surface area (Å²) in [5, 5.41) is 2.63. The van der Waals surface area contributed by atoms with Crippen molar-refractivity contribution in [1.82, 2.24) is 9.62 Å². The van der Waals surface area contributed by atoms with E-state index in [9.17, 15) is 17.6 Å². The van der Waals surface area contributed by atoms with Gasteiger partial charge >= 0.3 is 0 Å². The third-order valence-corrected chi connectivity index (χ3v) is 5.43. The molecule has 1 amide bonds. The summed E-state index contributed by atoms with van der Waals surface area (Å²) in [6.07, 6.45) is 3.14. The van der Waals surface area contributed by atoms with Crippen LogP contribution in [0.15, 0.2) is 22.7 Å². The van der Waals surface area contributed by atoms with E-state index in [4.69, 9.17) is 0 Å². The predicted molar refractivity (Wildman–Crippen MR) is 85.1 cm³/mol. The molecule has 2 rings (SSSR count). The number of nitrogens with zero attached hydrogens (tertiary/aromatic N) is 1. The minimum Gasteiger partial charge on any atom is -0.351 e. The molecule has 8 heteroatoms. The number of piperidine rings is 1. The van der Waals surface area contributed by atoms with E-state index >= 15 is 0 Å². The Balaban J connectivity index is 2.06. The molecular weight excluding hydrogens is 375 g/mol. The summed E-state index contributed by atoms with van der Waals surface area (Å²) in [6.45, 7) is 0.375. The van der Waals surface area contributed by atoms with Gasteiger partial charge in [-0.15, -0.1) is 0 Å². The standard InChI is InChI=1S/C14H18BrFN2O3S/c1-22(20,21)18-7-3-2-4-13(18)14(19)17-9-10-8-11(15)5-6-12(10)16/h5-6,8,13H,2-4,7,9H2,1H3,(H,17,19). The summed E-state index contributed by atoms with van der Waals surface area (Å²) in [5.74, 6) is -0.795. The first-order chi connectivity index (χ1) is 10.3. The fraction of sp³-hybridized carbons (Fsp3) is 0.500. The lowest BCUT2D eigenvalue weighted by molar-refractivity contribution is -0.125. The average Bonchev–Trinajstić information content (AvgIpc) is 2.47. The molecule has 0 spiro atoms. The largest absolute Gasteiger partial charge is 0.351 e. The molecule has 1 unspecified atom stereocenters. The Hall–Kier alpha value is -0.990. The number of benzene rings is 1. The molecule has 0 aromatic heterocycles. The molecule has 1 heterocycles. The smallest absolute Gasteiger partial charge is 0.238 e. The number of hydrogen-bond acceptors (Lipinski definition) is 3. The third kappa shape index (κ3) is 4.27. The second-order valence-electron chi connectivity index (χ2n) is 5.34. The number of amides is 1. The molecule has 0 bridgehead atoms. The summed E-state index contributed by atoms with van der Waals surface area (Å²) in [5.41, 5.74) is 0.351. The van der Waals surface area contributed by atoms with Gasteiger partial charge in [0.05, 0.1) is 6.26 Å². The van der Waals surface area contributed by atoms with Gasteiger partial charge in [-0.25, -0.2) is 12.8 Å². The van der Waals surface area contributed by atoms with Crippen LogP contribution in [0.3, 0.4) is 0 Å². The zero-order valence-electron chi connectivity index (χ0n) is 12.2. The van der Waals surface area contributed by atoms with E-state index in [1.807, 2.05) is 0 Å². The number of carbonyl (C=O) groups is 1. The molecule has 1 atom stereocenters. The van der Waals surface area contributed by atoms with Crippen molar-refractivity contribution in [3.63, 3.8) is 0 Å².